The zero-order valence-electron chi connectivity index (χ0n) is 11.3. The second-order valence-corrected chi connectivity index (χ2v) is 4.67. The third-order valence-electron chi connectivity index (χ3n) is 3.25. The predicted octanol–water partition coefficient (Wildman–Crippen LogP) is 3.17. The molecular formula is C16H10N2O4. The Kier molecular flexibility index (Phi) is 3.27. The third kappa shape index (κ3) is 2.37. The molecule has 6 heteroatoms. The van der Waals surface area contributed by atoms with E-state index in [-0.39, 0.29) is 17.2 Å². The summed E-state index contributed by atoms with van der Waals surface area (Å²) in [6.45, 7) is 0. The molecule has 0 saturated carbocycles. The number of nitro groups is 1. The van der Waals surface area contributed by atoms with Gasteiger partial charge in [-0.15, -0.1) is 0 Å². The number of aromatic hydroxyl groups is 1. The number of allylic oxidation sites excluding steroid dienone is 2. The molecule has 1 aliphatic rings. The average molecular weight is 294 g/mol. The molecule has 0 amide bonds. The van der Waals surface area contributed by atoms with Gasteiger partial charge in [-0.3, -0.25) is 14.9 Å². The van der Waals surface area contributed by atoms with Crippen molar-refractivity contribution in [2.75, 3.05) is 0 Å². The van der Waals surface area contributed by atoms with Gasteiger partial charge < -0.3 is 5.11 Å². The van der Waals surface area contributed by atoms with Gasteiger partial charge in [0.05, 0.1) is 21.9 Å². The first-order chi connectivity index (χ1) is 10.6. The Balaban J connectivity index is 2.13. The van der Waals surface area contributed by atoms with Crippen molar-refractivity contribution in [3.63, 3.8) is 0 Å². The smallest absolute Gasteiger partial charge is 0.271 e. The van der Waals surface area contributed by atoms with E-state index in [9.17, 15) is 20.0 Å². The normalized spacial score (nSPS) is 14.9. The molecule has 0 saturated heterocycles. The number of ketones is 1. The van der Waals surface area contributed by atoms with Crippen LogP contribution in [0.25, 0.3) is 0 Å². The van der Waals surface area contributed by atoms with Gasteiger partial charge in [0, 0.05) is 17.7 Å². The van der Waals surface area contributed by atoms with Crippen LogP contribution in [0.2, 0.25) is 0 Å². The summed E-state index contributed by atoms with van der Waals surface area (Å²) >= 11 is 0. The van der Waals surface area contributed by atoms with Crippen molar-refractivity contribution in [2.24, 2.45) is 4.99 Å². The molecule has 0 aliphatic heterocycles. The molecular weight excluding hydrogens is 284 g/mol. The number of carbonyl (C=O) groups is 1. The van der Waals surface area contributed by atoms with Crippen LogP contribution in [0.4, 0.5) is 11.4 Å². The van der Waals surface area contributed by atoms with Gasteiger partial charge in [-0.1, -0.05) is 18.2 Å². The first kappa shape index (κ1) is 13.7. The van der Waals surface area contributed by atoms with Crippen LogP contribution < -0.4 is 0 Å². The van der Waals surface area contributed by atoms with Gasteiger partial charge in [-0.05, 0) is 24.3 Å². The Morgan fingerprint density at radius 1 is 1.09 bits per heavy atom. The molecule has 2 aromatic rings. The summed E-state index contributed by atoms with van der Waals surface area (Å²) in [6, 6.07) is 10.5. The van der Waals surface area contributed by atoms with Crippen molar-refractivity contribution in [1.29, 1.82) is 0 Å². The number of aliphatic imine (C=N–C) groups is 1. The van der Waals surface area contributed by atoms with E-state index in [1.165, 1.54) is 36.4 Å². The minimum atomic E-state index is -0.505. The van der Waals surface area contributed by atoms with E-state index < -0.39 is 4.92 Å². The Labute approximate surface area is 125 Å². The Bertz CT molecular complexity index is 853. The summed E-state index contributed by atoms with van der Waals surface area (Å²) in [4.78, 5) is 26.4. The van der Waals surface area contributed by atoms with Gasteiger partial charge in [0.15, 0.2) is 5.78 Å². The van der Waals surface area contributed by atoms with E-state index in [0.717, 1.165) is 0 Å². The summed E-state index contributed by atoms with van der Waals surface area (Å²) in [7, 11) is 0. The van der Waals surface area contributed by atoms with Crippen LogP contribution in [0.3, 0.4) is 0 Å². The molecule has 0 atom stereocenters. The second-order valence-electron chi connectivity index (χ2n) is 4.67. The van der Waals surface area contributed by atoms with E-state index in [2.05, 4.69) is 4.99 Å². The lowest BCUT2D eigenvalue weighted by Gasteiger charge is -2.13. The summed E-state index contributed by atoms with van der Waals surface area (Å²) in [5.41, 5.74) is 1.37. The van der Waals surface area contributed by atoms with Crippen molar-refractivity contribution in [1.82, 2.24) is 0 Å². The standard InChI is InChI=1S/C16H10N2O4/c19-14-8-7-13(16-12(14)5-2-6-15(16)20)17-10-3-1-4-11(9-10)18(21)22/h1-9,20H. The molecule has 2 aromatic carbocycles. The molecule has 0 heterocycles. The van der Waals surface area contributed by atoms with Gasteiger partial charge in [-0.2, -0.15) is 0 Å². The van der Waals surface area contributed by atoms with Crippen LogP contribution in [0.15, 0.2) is 59.6 Å². The molecule has 0 unspecified atom stereocenters. The summed E-state index contributed by atoms with van der Waals surface area (Å²) in [5, 5.41) is 20.8. The lowest BCUT2D eigenvalue weighted by molar-refractivity contribution is -0.384. The number of nitro benzene ring substituents is 1. The molecule has 1 aliphatic carbocycles. The Hall–Kier alpha value is -3.28. The lowest BCUT2D eigenvalue weighted by Crippen LogP contribution is -2.12. The molecule has 0 bridgehead atoms. The number of benzene rings is 2. The first-order valence-corrected chi connectivity index (χ1v) is 6.44. The maximum atomic E-state index is 11.8. The largest absolute Gasteiger partial charge is 0.507 e. The number of hydrogen-bond acceptors (Lipinski definition) is 5. The third-order valence-corrected chi connectivity index (χ3v) is 3.25. The zero-order chi connectivity index (χ0) is 15.7. The number of rotatable bonds is 2. The van der Waals surface area contributed by atoms with Gasteiger partial charge in [0.25, 0.3) is 5.69 Å². The SMILES string of the molecule is O=C1C=CC(=Nc2cccc([N+](=O)[O-])c2)c2c(O)cccc21. The lowest BCUT2D eigenvalue weighted by atomic mass is 9.93. The maximum absolute atomic E-state index is 11.8. The van der Waals surface area contributed by atoms with Gasteiger partial charge >= 0.3 is 0 Å². The van der Waals surface area contributed by atoms with Crippen molar-refractivity contribution >= 4 is 22.9 Å². The second kappa shape index (κ2) is 5.25. The molecule has 0 spiro atoms. The van der Waals surface area contributed by atoms with E-state index in [1.54, 1.807) is 18.2 Å². The van der Waals surface area contributed by atoms with Crippen LogP contribution in [0, 0.1) is 10.1 Å². The highest BCUT2D eigenvalue weighted by Crippen LogP contribution is 2.28. The molecule has 0 radical (unpaired) electrons. The summed E-state index contributed by atoms with van der Waals surface area (Å²) < 4.78 is 0. The Morgan fingerprint density at radius 3 is 2.64 bits per heavy atom. The van der Waals surface area contributed by atoms with Crippen LogP contribution in [0.1, 0.15) is 15.9 Å². The molecule has 1 N–H and O–H groups in total. The summed E-state index contributed by atoms with van der Waals surface area (Å²) in [6.07, 6.45) is 2.85. The van der Waals surface area contributed by atoms with Crippen LogP contribution in [-0.2, 0) is 0 Å². The zero-order valence-corrected chi connectivity index (χ0v) is 11.3. The predicted molar refractivity (Wildman–Crippen MR) is 80.9 cm³/mol. The number of phenols is 1. The number of carbonyl (C=O) groups excluding carboxylic acids is 1. The highest BCUT2D eigenvalue weighted by atomic mass is 16.6. The number of nitrogens with zero attached hydrogens (tertiary/aromatic N) is 2. The first-order valence-electron chi connectivity index (χ1n) is 6.44. The molecule has 3 rings (SSSR count). The number of hydrogen-bond donors (Lipinski definition) is 1. The minimum absolute atomic E-state index is 0.0561. The highest BCUT2D eigenvalue weighted by molar-refractivity contribution is 6.25. The van der Waals surface area contributed by atoms with E-state index in [1.807, 2.05) is 0 Å². The molecule has 108 valence electrons. The quantitative estimate of drug-likeness (QED) is 0.680. The minimum Gasteiger partial charge on any atom is -0.507 e. The Morgan fingerprint density at radius 2 is 1.86 bits per heavy atom. The fourth-order valence-electron chi connectivity index (χ4n) is 2.25. The van der Waals surface area contributed by atoms with Gasteiger partial charge in [0.2, 0.25) is 0 Å². The average Bonchev–Trinajstić information content (AvgIpc) is 2.51. The maximum Gasteiger partial charge on any atom is 0.271 e. The molecule has 6 nitrogen and oxygen atoms in total. The number of non-ortho nitro benzene ring substituents is 1. The van der Waals surface area contributed by atoms with Gasteiger partial charge in [-0.25, -0.2) is 4.99 Å². The topological polar surface area (TPSA) is 92.8 Å². The van der Waals surface area contributed by atoms with Crippen molar-refractivity contribution in [3.8, 4) is 5.75 Å². The van der Waals surface area contributed by atoms with Crippen LogP contribution >= 0.6 is 0 Å². The van der Waals surface area contributed by atoms with Crippen molar-refractivity contribution in [3.05, 3.63) is 75.9 Å². The summed E-state index contributed by atoms with van der Waals surface area (Å²) in [5.74, 6) is -0.275. The number of fused-ring (bicyclic) bond motifs is 1. The van der Waals surface area contributed by atoms with Gasteiger partial charge in [0.1, 0.15) is 5.75 Å². The van der Waals surface area contributed by atoms with E-state index >= 15 is 0 Å². The highest BCUT2D eigenvalue weighted by Gasteiger charge is 2.20. The number of phenolic OH excluding ortho intramolecular Hbond substituents is 1. The van der Waals surface area contributed by atoms with E-state index in [0.29, 0.717) is 22.5 Å². The molecule has 0 aromatic heterocycles. The van der Waals surface area contributed by atoms with Crippen molar-refractivity contribution in [2.45, 2.75) is 0 Å². The fraction of sp³-hybridized carbons (Fsp3) is 0. The monoisotopic (exact) mass is 294 g/mol. The molecule has 0 fully saturated rings. The molecule has 22 heavy (non-hydrogen) atoms. The fourth-order valence-corrected chi connectivity index (χ4v) is 2.25. The van der Waals surface area contributed by atoms with E-state index in [4.69, 9.17) is 0 Å². The van der Waals surface area contributed by atoms with Crippen LogP contribution in [-0.4, -0.2) is 21.5 Å². The van der Waals surface area contributed by atoms with Crippen LogP contribution in [0.5, 0.6) is 5.75 Å². The van der Waals surface area contributed by atoms with Crippen molar-refractivity contribution < 1.29 is 14.8 Å².